The van der Waals surface area contributed by atoms with Crippen molar-refractivity contribution in [1.82, 2.24) is 9.62 Å². The lowest BCUT2D eigenvalue weighted by Crippen LogP contribution is -2.26. The Hall–Kier alpha value is -1.83. The highest BCUT2D eigenvalue weighted by Gasteiger charge is 2.12. The summed E-state index contributed by atoms with van der Waals surface area (Å²) in [5.41, 5.74) is 2.03. The zero-order valence-electron chi connectivity index (χ0n) is 15.2. The lowest BCUT2D eigenvalue weighted by molar-refractivity contribution is -0.130. The summed E-state index contributed by atoms with van der Waals surface area (Å²) in [4.78, 5) is 15.5. The molecule has 0 aliphatic heterocycles. The summed E-state index contributed by atoms with van der Waals surface area (Å²) in [6.07, 6.45) is 3.00. The molecule has 0 aliphatic carbocycles. The minimum Gasteiger partial charge on any atom is -0.341 e. The van der Waals surface area contributed by atoms with Crippen molar-refractivity contribution in [3.8, 4) is 0 Å². The Labute approximate surface area is 159 Å². The number of nitrogens with zero attached hydrogens (tertiary/aromatic N) is 1. The lowest BCUT2D eigenvalue weighted by atomic mass is 10.1. The molecule has 0 aromatic heterocycles. The van der Waals surface area contributed by atoms with Gasteiger partial charge >= 0.3 is 0 Å². The van der Waals surface area contributed by atoms with E-state index in [0.29, 0.717) is 19.4 Å². The van der Waals surface area contributed by atoms with Gasteiger partial charge in [-0.25, -0.2) is 13.1 Å². The van der Waals surface area contributed by atoms with Crippen molar-refractivity contribution in [2.75, 3.05) is 20.4 Å². The van der Waals surface area contributed by atoms with Gasteiger partial charge in [0.05, 0.1) is 4.90 Å². The summed E-state index contributed by atoms with van der Waals surface area (Å²) < 4.78 is 25.7. The molecule has 0 spiro atoms. The molecule has 5 nitrogen and oxygen atoms in total. The first kappa shape index (κ1) is 20.5. The molecular formula is C19H24N2O3S2. The number of sulfonamides is 1. The molecule has 0 unspecified atom stereocenters. The molecule has 140 valence electrons. The highest BCUT2D eigenvalue weighted by Crippen LogP contribution is 2.16. The Balaban J connectivity index is 1.89. The van der Waals surface area contributed by atoms with Gasteiger partial charge in [0.1, 0.15) is 0 Å². The van der Waals surface area contributed by atoms with Gasteiger partial charge in [-0.05, 0) is 55.1 Å². The average molecular weight is 393 g/mol. The standard InChI is InChI=1S/C19H24N2O3S2/c1-20-26(23,24)18-11-6-15(7-12-18)8-13-19(22)21(2)14-16-4-9-17(25-3)10-5-16/h4-7,9-12,20H,8,13-14H2,1-3H3. The number of rotatable bonds is 8. The number of thioether (sulfide) groups is 1. The van der Waals surface area contributed by atoms with Gasteiger partial charge in [0.2, 0.25) is 15.9 Å². The fraction of sp³-hybridized carbons (Fsp3) is 0.316. The topological polar surface area (TPSA) is 66.5 Å². The normalized spacial score (nSPS) is 11.3. The third-order valence-electron chi connectivity index (χ3n) is 4.13. The summed E-state index contributed by atoms with van der Waals surface area (Å²) in [5, 5.41) is 0. The summed E-state index contributed by atoms with van der Waals surface area (Å²) in [6, 6.07) is 14.8. The molecule has 7 heteroatoms. The largest absolute Gasteiger partial charge is 0.341 e. The first-order valence-corrected chi connectivity index (χ1v) is 11.0. The number of carbonyl (C=O) groups excluding carboxylic acids is 1. The summed E-state index contributed by atoms with van der Waals surface area (Å²) in [5.74, 6) is 0.0610. The molecular weight excluding hydrogens is 368 g/mol. The lowest BCUT2D eigenvalue weighted by Gasteiger charge is -2.17. The van der Waals surface area contributed by atoms with Crippen LogP contribution in [0.4, 0.5) is 0 Å². The first-order chi connectivity index (χ1) is 12.4. The molecule has 2 aromatic carbocycles. The van der Waals surface area contributed by atoms with E-state index in [9.17, 15) is 13.2 Å². The van der Waals surface area contributed by atoms with Crippen molar-refractivity contribution >= 4 is 27.7 Å². The number of nitrogens with one attached hydrogen (secondary N) is 1. The van der Waals surface area contributed by atoms with E-state index in [4.69, 9.17) is 0 Å². The van der Waals surface area contributed by atoms with E-state index in [-0.39, 0.29) is 10.8 Å². The van der Waals surface area contributed by atoms with Crippen LogP contribution in [0.3, 0.4) is 0 Å². The van der Waals surface area contributed by atoms with Crippen LogP contribution < -0.4 is 4.72 Å². The van der Waals surface area contributed by atoms with E-state index >= 15 is 0 Å². The van der Waals surface area contributed by atoms with Crippen molar-refractivity contribution in [2.24, 2.45) is 0 Å². The van der Waals surface area contributed by atoms with Crippen molar-refractivity contribution in [2.45, 2.75) is 29.2 Å². The fourth-order valence-corrected chi connectivity index (χ4v) is 3.63. The number of hydrogen-bond donors (Lipinski definition) is 1. The minimum atomic E-state index is -3.43. The molecule has 0 saturated heterocycles. The van der Waals surface area contributed by atoms with E-state index < -0.39 is 10.0 Å². The second-order valence-corrected chi connectivity index (χ2v) is 8.72. The molecule has 1 amide bonds. The second-order valence-electron chi connectivity index (χ2n) is 5.95. The van der Waals surface area contributed by atoms with Gasteiger partial charge in [0.15, 0.2) is 0 Å². The van der Waals surface area contributed by atoms with Gasteiger partial charge in [0, 0.05) is 24.9 Å². The molecule has 0 aliphatic rings. The SMILES string of the molecule is CNS(=O)(=O)c1ccc(CCC(=O)N(C)Cc2ccc(SC)cc2)cc1. The summed E-state index contributed by atoms with van der Waals surface area (Å²) in [7, 11) is -0.246. The molecule has 2 aromatic rings. The van der Waals surface area contributed by atoms with Crippen molar-refractivity contribution in [1.29, 1.82) is 0 Å². The third kappa shape index (κ3) is 5.59. The minimum absolute atomic E-state index is 0.0610. The van der Waals surface area contributed by atoms with E-state index in [1.54, 1.807) is 48.0 Å². The number of aryl methyl sites for hydroxylation is 1. The maximum absolute atomic E-state index is 12.3. The molecule has 2 rings (SSSR count). The van der Waals surface area contributed by atoms with Crippen LogP contribution >= 0.6 is 11.8 Å². The van der Waals surface area contributed by atoms with Gasteiger partial charge in [-0.2, -0.15) is 0 Å². The summed E-state index contributed by atoms with van der Waals surface area (Å²) >= 11 is 1.69. The van der Waals surface area contributed by atoms with Gasteiger partial charge in [-0.15, -0.1) is 11.8 Å². The molecule has 26 heavy (non-hydrogen) atoms. The van der Waals surface area contributed by atoms with Crippen LogP contribution in [0.5, 0.6) is 0 Å². The highest BCUT2D eigenvalue weighted by molar-refractivity contribution is 7.98. The zero-order valence-corrected chi connectivity index (χ0v) is 16.9. The van der Waals surface area contributed by atoms with Gasteiger partial charge in [-0.1, -0.05) is 24.3 Å². The maximum atomic E-state index is 12.3. The van der Waals surface area contributed by atoms with E-state index in [1.165, 1.54) is 11.9 Å². The van der Waals surface area contributed by atoms with E-state index in [1.807, 2.05) is 18.4 Å². The Bertz CT molecular complexity index is 832. The molecule has 0 saturated carbocycles. The van der Waals surface area contributed by atoms with Gasteiger partial charge in [0.25, 0.3) is 0 Å². The predicted octanol–water partition coefficient (Wildman–Crippen LogP) is 2.91. The quantitative estimate of drug-likeness (QED) is 0.702. The van der Waals surface area contributed by atoms with Crippen LogP contribution in [0.1, 0.15) is 17.5 Å². The third-order valence-corrected chi connectivity index (χ3v) is 6.31. The monoisotopic (exact) mass is 392 g/mol. The van der Waals surface area contributed by atoms with Crippen LogP contribution in [-0.4, -0.2) is 39.6 Å². The molecule has 1 N–H and O–H groups in total. The van der Waals surface area contributed by atoms with E-state index in [0.717, 1.165) is 11.1 Å². The molecule has 0 bridgehead atoms. The average Bonchev–Trinajstić information content (AvgIpc) is 2.67. The highest BCUT2D eigenvalue weighted by atomic mass is 32.2. The van der Waals surface area contributed by atoms with Crippen molar-refractivity contribution < 1.29 is 13.2 Å². The van der Waals surface area contributed by atoms with Crippen molar-refractivity contribution in [3.05, 3.63) is 59.7 Å². The zero-order chi connectivity index (χ0) is 19.2. The number of amides is 1. The van der Waals surface area contributed by atoms with Gasteiger partial charge in [-0.3, -0.25) is 4.79 Å². The Morgan fingerprint density at radius 2 is 1.62 bits per heavy atom. The Morgan fingerprint density at radius 3 is 2.15 bits per heavy atom. The summed E-state index contributed by atoms with van der Waals surface area (Å²) in [6.45, 7) is 0.576. The maximum Gasteiger partial charge on any atom is 0.240 e. The Morgan fingerprint density at radius 1 is 1.04 bits per heavy atom. The van der Waals surface area contributed by atoms with E-state index in [2.05, 4.69) is 16.9 Å². The molecule has 0 atom stereocenters. The molecule has 0 radical (unpaired) electrons. The first-order valence-electron chi connectivity index (χ1n) is 8.25. The number of hydrogen-bond acceptors (Lipinski definition) is 4. The van der Waals surface area contributed by atoms with Crippen LogP contribution in [0.15, 0.2) is 58.3 Å². The van der Waals surface area contributed by atoms with Crippen LogP contribution in [0, 0.1) is 0 Å². The van der Waals surface area contributed by atoms with Gasteiger partial charge < -0.3 is 4.90 Å². The smallest absolute Gasteiger partial charge is 0.240 e. The predicted molar refractivity (Wildman–Crippen MR) is 106 cm³/mol. The van der Waals surface area contributed by atoms with Crippen molar-refractivity contribution in [3.63, 3.8) is 0 Å². The Kier molecular flexibility index (Phi) is 7.25. The molecule has 0 fully saturated rings. The second kappa shape index (κ2) is 9.21. The van der Waals surface area contributed by atoms with Crippen LogP contribution in [0.25, 0.3) is 0 Å². The number of carbonyl (C=O) groups is 1. The fourth-order valence-electron chi connectivity index (χ4n) is 2.49. The van der Waals surface area contributed by atoms with Crippen LogP contribution in [0.2, 0.25) is 0 Å². The van der Waals surface area contributed by atoms with Crippen LogP contribution in [-0.2, 0) is 27.8 Å². The molecule has 0 heterocycles. The number of benzene rings is 2.